The molecule has 2 aliphatic heterocycles. The maximum absolute atomic E-state index is 5.97. The summed E-state index contributed by atoms with van der Waals surface area (Å²) in [7, 11) is 1.77. The van der Waals surface area contributed by atoms with Gasteiger partial charge >= 0.3 is 0 Å². The molecule has 0 amide bonds. The van der Waals surface area contributed by atoms with Crippen molar-refractivity contribution in [2.45, 2.75) is 32.0 Å². The fourth-order valence-corrected chi connectivity index (χ4v) is 3.43. The number of aromatic amines is 1. The van der Waals surface area contributed by atoms with Crippen LogP contribution in [-0.4, -0.2) is 78.4 Å². The Morgan fingerprint density at radius 1 is 1.48 bits per heavy atom. The molecule has 0 saturated carbocycles. The lowest BCUT2D eigenvalue weighted by molar-refractivity contribution is -0.107. The molecule has 0 spiro atoms. The van der Waals surface area contributed by atoms with E-state index in [2.05, 4.69) is 19.8 Å². The Kier molecular flexibility index (Phi) is 4.90. The lowest BCUT2D eigenvalue weighted by atomic mass is 9.98. The lowest BCUT2D eigenvalue weighted by Gasteiger charge is -2.47. The standard InChI is InChI=1S/C15H26N4O2/c1-12-16-9-13(17-12)10-18-4-3-15-14(11-18)19(5-7-20-2)6-8-21-15/h9,14-15H,3-8,10-11H2,1-2H3,(H,16,17)/t14-,15-/m1/s1. The molecule has 0 bridgehead atoms. The van der Waals surface area contributed by atoms with Gasteiger partial charge in [-0.05, 0) is 13.3 Å². The van der Waals surface area contributed by atoms with Crippen molar-refractivity contribution < 1.29 is 9.47 Å². The third kappa shape index (κ3) is 3.63. The number of nitrogens with one attached hydrogen (secondary N) is 1. The molecule has 1 N–H and O–H groups in total. The Bertz CT molecular complexity index is 451. The van der Waals surface area contributed by atoms with E-state index in [-0.39, 0.29) is 0 Å². The number of aromatic nitrogens is 2. The van der Waals surface area contributed by atoms with Gasteiger partial charge in [0.15, 0.2) is 0 Å². The third-order valence-electron chi connectivity index (χ3n) is 4.52. The fourth-order valence-electron chi connectivity index (χ4n) is 3.43. The molecule has 2 fully saturated rings. The number of hydrogen-bond donors (Lipinski definition) is 1. The quantitative estimate of drug-likeness (QED) is 0.864. The van der Waals surface area contributed by atoms with Crippen LogP contribution in [0.2, 0.25) is 0 Å². The predicted molar refractivity (Wildman–Crippen MR) is 80.2 cm³/mol. The monoisotopic (exact) mass is 294 g/mol. The second kappa shape index (κ2) is 6.87. The molecule has 0 unspecified atom stereocenters. The topological polar surface area (TPSA) is 53.6 Å². The molecule has 2 saturated heterocycles. The Morgan fingerprint density at radius 3 is 3.14 bits per heavy atom. The molecule has 6 heteroatoms. The van der Waals surface area contributed by atoms with Crippen molar-refractivity contribution in [1.82, 2.24) is 19.8 Å². The van der Waals surface area contributed by atoms with Gasteiger partial charge in [-0.2, -0.15) is 0 Å². The van der Waals surface area contributed by atoms with Gasteiger partial charge in [0.1, 0.15) is 5.82 Å². The van der Waals surface area contributed by atoms with Crippen LogP contribution in [0.5, 0.6) is 0 Å². The number of rotatable bonds is 5. The maximum Gasteiger partial charge on any atom is 0.103 e. The summed E-state index contributed by atoms with van der Waals surface area (Å²) in [6.45, 7) is 8.76. The average Bonchev–Trinajstić information content (AvgIpc) is 2.90. The van der Waals surface area contributed by atoms with Gasteiger partial charge in [0.05, 0.1) is 19.3 Å². The fraction of sp³-hybridized carbons (Fsp3) is 0.800. The number of nitrogens with zero attached hydrogens (tertiary/aromatic N) is 3. The summed E-state index contributed by atoms with van der Waals surface area (Å²) in [6, 6.07) is 0.492. The molecule has 0 radical (unpaired) electrons. The van der Waals surface area contributed by atoms with Crippen molar-refractivity contribution in [3.8, 4) is 0 Å². The van der Waals surface area contributed by atoms with Gasteiger partial charge in [-0.15, -0.1) is 0 Å². The number of likely N-dealkylation sites (tertiary alicyclic amines) is 1. The summed E-state index contributed by atoms with van der Waals surface area (Å²) in [6.07, 6.45) is 3.44. The molecule has 3 heterocycles. The largest absolute Gasteiger partial charge is 0.383 e. The van der Waals surface area contributed by atoms with Crippen molar-refractivity contribution >= 4 is 0 Å². The molecule has 1 aromatic heterocycles. The van der Waals surface area contributed by atoms with Crippen LogP contribution in [0.4, 0.5) is 0 Å². The smallest absolute Gasteiger partial charge is 0.103 e. The number of fused-ring (bicyclic) bond motifs is 1. The van der Waals surface area contributed by atoms with Gasteiger partial charge < -0.3 is 14.5 Å². The highest BCUT2D eigenvalue weighted by Crippen LogP contribution is 2.23. The number of piperidine rings is 1. The van der Waals surface area contributed by atoms with Crippen LogP contribution in [0.1, 0.15) is 17.9 Å². The Morgan fingerprint density at radius 2 is 2.38 bits per heavy atom. The van der Waals surface area contributed by atoms with Gasteiger partial charge in [-0.1, -0.05) is 0 Å². The number of hydrogen-bond acceptors (Lipinski definition) is 5. The van der Waals surface area contributed by atoms with Crippen molar-refractivity contribution in [2.24, 2.45) is 0 Å². The maximum atomic E-state index is 5.97. The molecule has 21 heavy (non-hydrogen) atoms. The Labute approximate surface area is 126 Å². The van der Waals surface area contributed by atoms with E-state index in [0.717, 1.165) is 58.2 Å². The number of methoxy groups -OCH3 is 1. The molecular weight excluding hydrogens is 268 g/mol. The molecule has 2 atom stereocenters. The molecule has 0 aromatic carbocycles. The van der Waals surface area contributed by atoms with Gasteiger partial charge in [0, 0.05) is 57.8 Å². The molecular formula is C15H26N4O2. The first-order chi connectivity index (χ1) is 10.3. The van der Waals surface area contributed by atoms with Crippen molar-refractivity contribution in [3.05, 3.63) is 17.7 Å². The second-order valence-corrected chi connectivity index (χ2v) is 6.02. The van der Waals surface area contributed by atoms with Gasteiger partial charge in [0.2, 0.25) is 0 Å². The van der Waals surface area contributed by atoms with Crippen molar-refractivity contribution in [3.63, 3.8) is 0 Å². The number of ether oxygens (including phenoxy) is 2. The summed E-state index contributed by atoms with van der Waals surface area (Å²) in [4.78, 5) is 12.6. The summed E-state index contributed by atoms with van der Waals surface area (Å²) in [5.41, 5.74) is 1.20. The molecule has 1 aromatic rings. The lowest BCUT2D eigenvalue weighted by Crippen LogP contribution is -2.60. The molecule has 6 nitrogen and oxygen atoms in total. The molecule has 2 aliphatic rings. The number of imidazole rings is 1. The highest BCUT2D eigenvalue weighted by atomic mass is 16.5. The minimum absolute atomic E-state index is 0.385. The summed E-state index contributed by atoms with van der Waals surface area (Å²) >= 11 is 0. The SMILES string of the molecule is COCCN1CCO[C@@H]2CCN(Cc3cnc(C)[nH]3)C[C@H]21. The second-order valence-electron chi connectivity index (χ2n) is 6.02. The molecule has 3 rings (SSSR count). The zero-order chi connectivity index (χ0) is 14.7. The number of H-pyrrole nitrogens is 1. The van der Waals surface area contributed by atoms with Gasteiger partial charge in [-0.3, -0.25) is 9.80 Å². The molecule has 118 valence electrons. The summed E-state index contributed by atoms with van der Waals surface area (Å²) in [5, 5.41) is 0. The highest BCUT2D eigenvalue weighted by molar-refractivity contribution is 5.01. The third-order valence-corrected chi connectivity index (χ3v) is 4.52. The zero-order valence-electron chi connectivity index (χ0n) is 13.0. The summed E-state index contributed by atoms with van der Waals surface area (Å²) < 4.78 is 11.2. The van der Waals surface area contributed by atoms with Crippen molar-refractivity contribution in [1.29, 1.82) is 0 Å². The van der Waals surface area contributed by atoms with Crippen LogP contribution < -0.4 is 0 Å². The van der Waals surface area contributed by atoms with Gasteiger partial charge in [0.25, 0.3) is 0 Å². The van der Waals surface area contributed by atoms with Crippen molar-refractivity contribution in [2.75, 3.05) is 46.5 Å². The van der Waals surface area contributed by atoms with Crippen LogP contribution in [-0.2, 0) is 16.0 Å². The zero-order valence-corrected chi connectivity index (χ0v) is 13.0. The number of morpholine rings is 1. The van der Waals surface area contributed by atoms with E-state index < -0.39 is 0 Å². The molecule has 0 aliphatic carbocycles. The normalized spacial score (nSPS) is 27.7. The number of aryl methyl sites for hydroxylation is 1. The minimum atomic E-state index is 0.385. The van der Waals surface area contributed by atoms with E-state index in [1.54, 1.807) is 7.11 Å². The summed E-state index contributed by atoms with van der Waals surface area (Å²) in [5.74, 6) is 0.989. The van der Waals surface area contributed by atoms with E-state index in [1.807, 2.05) is 13.1 Å². The predicted octanol–water partition coefficient (Wildman–Crippen LogP) is 0.640. The van der Waals surface area contributed by atoms with Crippen LogP contribution in [0.25, 0.3) is 0 Å². The highest BCUT2D eigenvalue weighted by Gasteiger charge is 2.36. The van der Waals surface area contributed by atoms with Crippen LogP contribution in [0.3, 0.4) is 0 Å². The minimum Gasteiger partial charge on any atom is -0.383 e. The first-order valence-corrected chi connectivity index (χ1v) is 7.83. The van der Waals surface area contributed by atoms with E-state index in [4.69, 9.17) is 9.47 Å². The average molecular weight is 294 g/mol. The van der Waals surface area contributed by atoms with Crippen LogP contribution in [0, 0.1) is 6.92 Å². The van der Waals surface area contributed by atoms with Crippen LogP contribution in [0.15, 0.2) is 6.20 Å². The first-order valence-electron chi connectivity index (χ1n) is 7.83. The van der Waals surface area contributed by atoms with Gasteiger partial charge in [-0.25, -0.2) is 4.98 Å². The van der Waals surface area contributed by atoms with E-state index in [1.165, 1.54) is 5.69 Å². The first kappa shape index (κ1) is 15.0. The Hall–Kier alpha value is -0.950. The van der Waals surface area contributed by atoms with E-state index in [0.29, 0.717) is 12.1 Å². The Balaban J connectivity index is 1.59. The van der Waals surface area contributed by atoms with E-state index >= 15 is 0 Å². The van der Waals surface area contributed by atoms with Crippen LogP contribution >= 0.6 is 0 Å². The van der Waals surface area contributed by atoms with E-state index in [9.17, 15) is 0 Å².